The molecule has 4 heteroatoms. The Kier molecular flexibility index (Phi) is 5.76. The van der Waals surface area contributed by atoms with Gasteiger partial charge in [0.15, 0.2) is 0 Å². The Balaban J connectivity index is 3.81. The van der Waals surface area contributed by atoms with E-state index in [-0.39, 0.29) is 18.1 Å². The van der Waals surface area contributed by atoms with E-state index in [1.807, 2.05) is 0 Å². The molecule has 0 aliphatic rings. The van der Waals surface area contributed by atoms with Gasteiger partial charge >= 0.3 is 5.97 Å². The van der Waals surface area contributed by atoms with Crippen molar-refractivity contribution in [3.05, 3.63) is 0 Å². The molecule has 0 aromatic rings. The third-order valence-corrected chi connectivity index (χ3v) is 1.81. The van der Waals surface area contributed by atoms with Crippen molar-refractivity contribution in [3.63, 3.8) is 0 Å². The first-order valence-corrected chi connectivity index (χ1v) is 4.15. The van der Waals surface area contributed by atoms with Crippen molar-refractivity contribution in [3.8, 4) is 0 Å². The van der Waals surface area contributed by atoms with Crippen LogP contribution in [0.4, 0.5) is 0 Å². The summed E-state index contributed by atoms with van der Waals surface area (Å²) in [6.07, 6.45) is 1.42. The molecule has 0 aliphatic heterocycles. The van der Waals surface area contributed by atoms with Crippen molar-refractivity contribution in [1.82, 2.24) is 0 Å². The van der Waals surface area contributed by atoms with Crippen molar-refractivity contribution in [2.45, 2.75) is 26.2 Å². The molecule has 0 saturated carbocycles. The van der Waals surface area contributed by atoms with Gasteiger partial charge in [-0.1, -0.05) is 6.92 Å². The highest BCUT2D eigenvalue weighted by Gasteiger charge is 2.16. The Labute approximate surface area is 77.3 Å². The summed E-state index contributed by atoms with van der Waals surface area (Å²) in [4.78, 5) is 31.9. The molecule has 0 spiro atoms. The molecule has 0 amide bonds. The van der Waals surface area contributed by atoms with Gasteiger partial charge in [0.25, 0.3) is 0 Å². The molecule has 0 fully saturated rings. The van der Waals surface area contributed by atoms with E-state index in [1.165, 1.54) is 7.11 Å². The molecular formula is C9H14O4. The number of aldehydes is 1. The van der Waals surface area contributed by atoms with Crippen molar-refractivity contribution in [1.29, 1.82) is 0 Å². The third kappa shape index (κ3) is 5.11. The third-order valence-electron chi connectivity index (χ3n) is 1.81. The van der Waals surface area contributed by atoms with Crippen LogP contribution in [0.1, 0.15) is 26.2 Å². The number of carbonyl (C=O) groups is 3. The minimum Gasteiger partial charge on any atom is -0.469 e. The first-order valence-electron chi connectivity index (χ1n) is 4.15. The Hall–Kier alpha value is -1.19. The van der Waals surface area contributed by atoms with Crippen molar-refractivity contribution >= 4 is 18.0 Å². The van der Waals surface area contributed by atoms with Crippen LogP contribution in [0.25, 0.3) is 0 Å². The molecular weight excluding hydrogens is 172 g/mol. The summed E-state index contributed by atoms with van der Waals surface area (Å²) in [6.45, 7) is 1.70. The van der Waals surface area contributed by atoms with E-state index in [0.29, 0.717) is 12.8 Å². The van der Waals surface area contributed by atoms with Gasteiger partial charge in [-0.05, 0) is 6.42 Å². The average molecular weight is 186 g/mol. The zero-order chi connectivity index (χ0) is 10.3. The second kappa shape index (κ2) is 6.34. The number of carbonyl (C=O) groups excluding carboxylic acids is 3. The van der Waals surface area contributed by atoms with Crippen LogP contribution in [-0.4, -0.2) is 25.1 Å². The number of ketones is 1. The standard InChI is InChI=1S/C9H14O4/c1-7(4-3-5-10)8(11)6-9(12)13-2/h5,7H,3-4,6H2,1-2H3. The van der Waals surface area contributed by atoms with Gasteiger partial charge in [-0.3, -0.25) is 9.59 Å². The lowest BCUT2D eigenvalue weighted by Crippen LogP contribution is -2.16. The first kappa shape index (κ1) is 11.8. The molecule has 4 nitrogen and oxygen atoms in total. The van der Waals surface area contributed by atoms with Crippen molar-refractivity contribution in [2.24, 2.45) is 5.92 Å². The lowest BCUT2D eigenvalue weighted by atomic mass is 9.99. The number of rotatable bonds is 6. The average Bonchev–Trinajstić information content (AvgIpc) is 2.13. The maximum atomic E-state index is 11.2. The molecule has 0 aromatic heterocycles. The summed E-state index contributed by atoms with van der Waals surface area (Å²) in [7, 11) is 1.24. The maximum Gasteiger partial charge on any atom is 0.313 e. The molecule has 0 N–H and O–H groups in total. The van der Waals surface area contributed by atoms with Crippen LogP contribution in [0.5, 0.6) is 0 Å². The van der Waals surface area contributed by atoms with Gasteiger partial charge in [0.2, 0.25) is 0 Å². The van der Waals surface area contributed by atoms with Crippen LogP contribution in [0.15, 0.2) is 0 Å². The van der Waals surface area contributed by atoms with Gasteiger partial charge in [-0.25, -0.2) is 0 Å². The molecule has 0 bridgehead atoms. The largest absolute Gasteiger partial charge is 0.469 e. The van der Waals surface area contributed by atoms with E-state index in [9.17, 15) is 14.4 Å². The quantitative estimate of drug-likeness (QED) is 0.348. The second-order valence-corrected chi connectivity index (χ2v) is 2.86. The predicted octanol–water partition coefficient (Wildman–Crippen LogP) is 0.734. The molecule has 0 aromatic carbocycles. The van der Waals surface area contributed by atoms with E-state index in [2.05, 4.69) is 4.74 Å². The highest BCUT2D eigenvalue weighted by Crippen LogP contribution is 2.08. The summed E-state index contributed by atoms with van der Waals surface area (Å²) < 4.78 is 4.35. The smallest absolute Gasteiger partial charge is 0.313 e. The number of hydrogen-bond donors (Lipinski definition) is 0. The van der Waals surface area contributed by atoms with Gasteiger partial charge < -0.3 is 9.53 Å². The molecule has 0 radical (unpaired) electrons. The topological polar surface area (TPSA) is 60.4 Å². The van der Waals surface area contributed by atoms with Gasteiger partial charge in [0.1, 0.15) is 18.5 Å². The van der Waals surface area contributed by atoms with E-state index in [0.717, 1.165) is 6.29 Å². The number of methoxy groups -OCH3 is 1. The van der Waals surface area contributed by atoms with Gasteiger partial charge in [0, 0.05) is 12.3 Å². The van der Waals surface area contributed by atoms with Crippen LogP contribution >= 0.6 is 0 Å². The van der Waals surface area contributed by atoms with Crippen molar-refractivity contribution in [2.75, 3.05) is 7.11 Å². The summed E-state index contributed by atoms with van der Waals surface area (Å²) >= 11 is 0. The lowest BCUT2D eigenvalue weighted by molar-refractivity contribution is -0.144. The second-order valence-electron chi connectivity index (χ2n) is 2.86. The van der Waals surface area contributed by atoms with Gasteiger partial charge in [-0.2, -0.15) is 0 Å². The fraction of sp³-hybridized carbons (Fsp3) is 0.667. The minimum atomic E-state index is -0.525. The Bertz CT molecular complexity index is 198. The van der Waals surface area contributed by atoms with E-state index < -0.39 is 5.97 Å². The number of esters is 1. The normalized spacial score (nSPS) is 11.8. The van der Waals surface area contributed by atoms with Crippen molar-refractivity contribution < 1.29 is 19.1 Å². The van der Waals surface area contributed by atoms with E-state index in [4.69, 9.17) is 0 Å². The SMILES string of the molecule is COC(=O)CC(=O)C(C)CCC=O. The van der Waals surface area contributed by atoms with E-state index in [1.54, 1.807) is 6.92 Å². The molecule has 0 aliphatic carbocycles. The summed E-state index contributed by atoms with van der Waals surface area (Å²) in [5, 5.41) is 0. The Morgan fingerprint density at radius 2 is 2.08 bits per heavy atom. The van der Waals surface area contributed by atoms with Crippen LogP contribution in [-0.2, 0) is 19.1 Å². The van der Waals surface area contributed by atoms with E-state index >= 15 is 0 Å². The molecule has 0 heterocycles. The molecule has 0 rings (SSSR count). The summed E-state index contributed by atoms with van der Waals surface area (Å²) in [6, 6.07) is 0. The monoisotopic (exact) mass is 186 g/mol. The zero-order valence-electron chi connectivity index (χ0n) is 7.91. The first-order chi connectivity index (χ1) is 6.11. The summed E-state index contributed by atoms with van der Waals surface area (Å²) in [5.41, 5.74) is 0. The number of ether oxygens (including phenoxy) is 1. The van der Waals surface area contributed by atoms with Crippen LogP contribution in [0.2, 0.25) is 0 Å². The lowest BCUT2D eigenvalue weighted by Gasteiger charge is -2.06. The molecule has 1 atom stereocenters. The maximum absolute atomic E-state index is 11.2. The highest BCUT2D eigenvalue weighted by atomic mass is 16.5. The zero-order valence-corrected chi connectivity index (χ0v) is 7.91. The fourth-order valence-electron chi connectivity index (χ4n) is 0.868. The molecule has 0 saturated heterocycles. The Morgan fingerprint density at radius 1 is 1.46 bits per heavy atom. The molecule has 74 valence electrons. The number of hydrogen-bond acceptors (Lipinski definition) is 4. The van der Waals surface area contributed by atoms with Crippen LogP contribution in [0, 0.1) is 5.92 Å². The van der Waals surface area contributed by atoms with Gasteiger partial charge in [-0.15, -0.1) is 0 Å². The molecule has 1 unspecified atom stereocenters. The fourth-order valence-corrected chi connectivity index (χ4v) is 0.868. The molecule has 13 heavy (non-hydrogen) atoms. The highest BCUT2D eigenvalue weighted by molar-refractivity contribution is 5.96. The summed E-state index contributed by atoms with van der Waals surface area (Å²) in [5.74, 6) is -0.944. The van der Waals surface area contributed by atoms with Crippen LogP contribution < -0.4 is 0 Å². The minimum absolute atomic E-state index is 0.172. The van der Waals surface area contributed by atoms with Crippen LogP contribution in [0.3, 0.4) is 0 Å². The van der Waals surface area contributed by atoms with Gasteiger partial charge in [0.05, 0.1) is 7.11 Å². The predicted molar refractivity (Wildman–Crippen MR) is 46.1 cm³/mol. The number of Topliss-reactive ketones (excluding diaryl/α,β-unsaturated/α-hetero) is 1. The Morgan fingerprint density at radius 3 is 2.54 bits per heavy atom.